The first kappa shape index (κ1) is 7.58. The topological polar surface area (TPSA) is 63.6 Å². The third-order valence-electron chi connectivity index (χ3n) is 0.783. The number of hydrogen-bond acceptors (Lipinski definition) is 3. The molecule has 0 unspecified atom stereocenters. The van der Waals surface area contributed by atoms with E-state index >= 15 is 0 Å². The van der Waals surface area contributed by atoms with Crippen LogP contribution in [0.3, 0.4) is 0 Å². The fourth-order valence-corrected chi connectivity index (χ4v) is 0.462. The molecule has 4 nitrogen and oxygen atoms in total. The zero-order valence-electron chi connectivity index (χ0n) is 9.38. The van der Waals surface area contributed by atoms with Crippen LogP contribution in [0.2, 0.25) is 0 Å². The lowest BCUT2D eigenvalue weighted by atomic mass is 10.2. The molecule has 0 amide bonds. The molecular weight excluding hydrogens is 160 g/mol. The van der Waals surface area contributed by atoms with E-state index in [1.165, 1.54) is 0 Å². The van der Waals surface area contributed by atoms with Gasteiger partial charge in [0.1, 0.15) is 5.60 Å². The van der Waals surface area contributed by atoms with E-state index < -0.39 is 30.3 Å². The zero-order valence-corrected chi connectivity index (χ0v) is 7.38. The van der Waals surface area contributed by atoms with Gasteiger partial charge in [-0.2, -0.15) is 0 Å². The number of carboxylic acids is 1. The Morgan fingerprint density at radius 3 is 2.33 bits per heavy atom. The minimum Gasteiger partial charge on any atom is -0.481 e. The fourth-order valence-electron chi connectivity index (χ4n) is 0.462. The molecule has 0 heterocycles. The number of esters is 1. The summed E-state index contributed by atoms with van der Waals surface area (Å²) >= 11 is 0. The molecule has 0 aromatic carbocycles. The second-order valence-electron chi connectivity index (χ2n) is 3.25. The summed E-state index contributed by atoms with van der Waals surface area (Å²) in [7, 11) is 0. The Labute approximate surface area is 74.3 Å². The van der Waals surface area contributed by atoms with Gasteiger partial charge in [-0.1, -0.05) is 0 Å². The summed E-state index contributed by atoms with van der Waals surface area (Å²) in [4.78, 5) is 21.4. The van der Waals surface area contributed by atoms with Gasteiger partial charge in [-0.25, -0.2) is 0 Å². The van der Waals surface area contributed by atoms with E-state index in [-0.39, 0.29) is 0 Å². The fraction of sp³-hybridized carbons (Fsp3) is 0.750. The quantitative estimate of drug-likeness (QED) is 0.656. The van der Waals surface area contributed by atoms with Gasteiger partial charge in [-0.15, -0.1) is 0 Å². The Morgan fingerprint density at radius 1 is 1.50 bits per heavy atom. The molecule has 0 aromatic heterocycles. The second kappa shape index (κ2) is 4.09. The molecule has 0 aliphatic heterocycles. The molecule has 0 spiro atoms. The predicted molar refractivity (Wildman–Crippen MR) is 42.7 cm³/mol. The maximum atomic E-state index is 11.2. The van der Waals surface area contributed by atoms with Crippen LogP contribution in [0.5, 0.6) is 0 Å². The monoisotopic (exact) mass is 176 g/mol. The highest BCUT2D eigenvalue weighted by Crippen LogP contribution is 2.08. The van der Waals surface area contributed by atoms with Gasteiger partial charge < -0.3 is 9.84 Å². The van der Waals surface area contributed by atoms with E-state index in [9.17, 15) is 9.59 Å². The average Bonchev–Trinajstić information content (AvgIpc) is 1.79. The van der Waals surface area contributed by atoms with Gasteiger partial charge in [0.2, 0.25) is 0 Å². The minimum atomic E-state index is -2.47. The van der Waals surface area contributed by atoms with Gasteiger partial charge in [0.25, 0.3) is 0 Å². The summed E-state index contributed by atoms with van der Waals surface area (Å²) in [6.45, 7) is 4.76. The molecule has 0 aliphatic rings. The highest BCUT2D eigenvalue weighted by atomic mass is 16.6. The standard InChI is InChI=1S/C8H14O4/c1-8(2,3)12-7(11)5-4-6(9)10/h4-5H2,1-3H3,(H,9,10)/i5D2. The van der Waals surface area contributed by atoms with E-state index in [4.69, 9.17) is 12.6 Å². The van der Waals surface area contributed by atoms with Crippen LogP contribution in [0.1, 0.15) is 36.3 Å². The van der Waals surface area contributed by atoms with Gasteiger partial charge in [-0.3, -0.25) is 9.59 Å². The Morgan fingerprint density at radius 2 is 2.00 bits per heavy atom. The number of carbonyl (C=O) groups is 2. The first-order chi connectivity index (χ1) is 6.04. The van der Waals surface area contributed by atoms with Crippen LogP contribution in [-0.4, -0.2) is 22.6 Å². The summed E-state index contributed by atoms with van der Waals surface area (Å²) in [5.41, 5.74) is -0.817. The Kier molecular flexibility index (Phi) is 2.58. The largest absolute Gasteiger partial charge is 0.481 e. The second-order valence-corrected chi connectivity index (χ2v) is 3.25. The van der Waals surface area contributed by atoms with Crippen molar-refractivity contribution in [3.05, 3.63) is 0 Å². The molecule has 4 heteroatoms. The van der Waals surface area contributed by atoms with Crippen molar-refractivity contribution in [3.8, 4) is 0 Å². The maximum Gasteiger partial charge on any atom is 0.306 e. The van der Waals surface area contributed by atoms with E-state index in [0.717, 1.165) is 0 Å². The third kappa shape index (κ3) is 7.05. The van der Waals surface area contributed by atoms with Crippen LogP contribution in [0.4, 0.5) is 0 Å². The van der Waals surface area contributed by atoms with Gasteiger partial charge in [0.05, 0.1) is 12.8 Å². The molecule has 0 fully saturated rings. The third-order valence-corrected chi connectivity index (χ3v) is 0.783. The lowest BCUT2D eigenvalue weighted by Crippen LogP contribution is -2.24. The molecule has 0 aliphatic carbocycles. The Hall–Kier alpha value is -1.06. The number of carboxylic acid groups (broad SMARTS) is 1. The normalized spacial score (nSPS) is 14.6. The van der Waals surface area contributed by atoms with Crippen molar-refractivity contribution in [2.24, 2.45) is 0 Å². The predicted octanol–water partition coefficient (Wildman–Crippen LogP) is 1.19. The van der Waals surface area contributed by atoms with Crippen LogP contribution in [0, 0.1) is 0 Å². The summed E-state index contributed by atoms with van der Waals surface area (Å²) in [6, 6.07) is 0. The summed E-state index contributed by atoms with van der Waals surface area (Å²) in [5.74, 6) is -2.52. The zero-order chi connectivity index (χ0) is 11.6. The highest BCUT2D eigenvalue weighted by Gasteiger charge is 2.16. The maximum absolute atomic E-state index is 11.2. The first-order valence-electron chi connectivity index (χ1n) is 4.50. The van der Waals surface area contributed by atoms with Crippen LogP contribution >= 0.6 is 0 Å². The van der Waals surface area contributed by atoms with E-state index in [1.54, 1.807) is 20.8 Å². The molecule has 0 saturated carbocycles. The van der Waals surface area contributed by atoms with Crippen molar-refractivity contribution in [2.45, 2.75) is 39.2 Å². The molecule has 70 valence electrons. The van der Waals surface area contributed by atoms with Crippen molar-refractivity contribution in [3.63, 3.8) is 0 Å². The first-order valence-corrected chi connectivity index (χ1v) is 3.50. The number of hydrogen-bond donors (Lipinski definition) is 1. The van der Waals surface area contributed by atoms with E-state index in [1.807, 2.05) is 0 Å². The van der Waals surface area contributed by atoms with Crippen LogP contribution < -0.4 is 0 Å². The number of carbonyl (C=O) groups excluding carboxylic acids is 1. The highest BCUT2D eigenvalue weighted by molar-refractivity contribution is 5.76. The van der Waals surface area contributed by atoms with E-state index in [2.05, 4.69) is 0 Å². The van der Waals surface area contributed by atoms with Gasteiger partial charge in [0, 0.05) is 2.74 Å². The molecule has 0 radical (unpaired) electrons. The van der Waals surface area contributed by atoms with E-state index in [0.29, 0.717) is 0 Å². The molecule has 0 bridgehead atoms. The lowest BCUT2D eigenvalue weighted by Gasteiger charge is -2.18. The molecule has 12 heavy (non-hydrogen) atoms. The molecule has 0 atom stereocenters. The molecular formula is C8H14O4. The summed E-state index contributed by atoms with van der Waals surface area (Å²) in [6.07, 6.45) is -3.36. The smallest absolute Gasteiger partial charge is 0.306 e. The van der Waals surface area contributed by atoms with Gasteiger partial charge in [0.15, 0.2) is 0 Å². The summed E-state index contributed by atoms with van der Waals surface area (Å²) < 4.78 is 19.0. The van der Waals surface area contributed by atoms with Gasteiger partial charge >= 0.3 is 11.9 Å². The minimum absolute atomic E-state index is 0.817. The molecule has 0 saturated heterocycles. The Bertz CT molecular complexity index is 242. The number of rotatable bonds is 3. The van der Waals surface area contributed by atoms with Gasteiger partial charge in [-0.05, 0) is 20.8 Å². The van der Waals surface area contributed by atoms with Crippen molar-refractivity contribution < 1.29 is 22.2 Å². The number of ether oxygens (including phenoxy) is 1. The lowest BCUT2D eigenvalue weighted by molar-refractivity contribution is -0.157. The van der Waals surface area contributed by atoms with Crippen LogP contribution in [0.25, 0.3) is 0 Å². The van der Waals surface area contributed by atoms with Crippen molar-refractivity contribution in [1.82, 2.24) is 0 Å². The molecule has 1 N–H and O–H groups in total. The Balaban J connectivity index is 4.44. The molecule has 0 aromatic rings. The van der Waals surface area contributed by atoms with Crippen LogP contribution in [-0.2, 0) is 14.3 Å². The van der Waals surface area contributed by atoms with Crippen molar-refractivity contribution in [2.75, 3.05) is 0 Å². The number of aliphatic carboxylic acids is 1. The van der Waals surface area contributed by atoms with Crippen molar-refractivity contribution in [1.29, 1.82) is 0 Å². The SMILES string of the molecule is [2H]C([2H])(CC(=O)O)C(=O)OC(C)(C)C. The molecule has 0 rings (SSSR count). The van der Waals surface area contributed by atoms with Crippen molar-refractivity contribution >= 4 is 11.9 Å². The average molecular weight is 176 g/mol. The summed E-state index contributed by atoms with van der Waals surface area (Å²) in [5, 5.41) is 8.35. The van der Waals surface area contributed by atoms with Crippen LogP contribution in [0.15, 0.2) is 0 Å².